The summed E-state index contributed by atoms with van der Waals surface area (Å²) in [6, 6.07) is 16.0. The number of hydrogen-bond donors (Lipinski definition) is 1. The lowest BCUT2D eigenvalue weighted by Crippen LogP contribution is -2.29. The van der Waals surface area contributed by atoms with Gasteiger partial charge in [0.1, 0.15) is 0 Å². The number of benzene rings is 3. The van der Waals surface area contributed by atoms with Gasteiger partial charge in [0, 0.05) is 11.3 Å². The molecule has 3 aromatic rings. The van der Waals surface area contributed by atoms with Gasteiger partial charge >= 0.3 is 11.9 Å². The summed E-state index contributed by atoms with van der Waals surface area (Å²) in [5, 5.41) is 2.66. The highest BCUT2D eigenvalue weighted by Gasteiger charge is 2.19. The summed E-state index contributed by atoms with van der Waals surface area (Å²) in [6.45, 7) is 3.96. The average molecular weight is 525 g/mol. The van der Waals surface area contributed by atoms with Crippen LogP contribution in [0.1, 0.15) is 47.8 Å². The van der Waals surface area contributed by atoms with Gasteiger partial charge < -0.3 is 14.8 Å². The fraction of sp³-hybridized carbons (Fsp3) is 0.222. The second kappa shape index (κ2) is 11.3. The molecule has 0 saturated carbocycles. The molecule has 0 aliphatic rings. The maximum Gasteiger partial charge on any atom is 0.337 e. The molecule has 0 bridgehead atoms. The lowest BCUT2D eigenvalue weighted by molar-refractivity contribution is 0.0598. The summed E-state index contributed by atoms with van der Waals surface area (Å²) in [5.41, 5.74) is 3.92. The summed E-state index contributed by atoms with van der Waals surface area (Å²) in [5.74, 6) is -1.84. The molecule has 0 radical (unpaired) electrons. The number of nitrogens with one attached hydrogen (secondary N) is 1. The molecule has 9 nitrogen and oxygen atoms in total. The van der Waals surface area contributed by atoms with Gasteiger partial charge in [-0.05, 0) is 73.0 Å². The Morgan fingerprint density at radius 3 is 1.84 bits per heavy atom. The number of hydrogen-bond acceptors (Lipinski definition) is 7. The molecule has 0 aliphatic heterocycles. The van der Waals surface area contributed by atoms with Crippen LogP contribution in [-0.2, 0) is 26.0 Å². The normalized spacial score (nSPS) is 10.9. The van der Waals surface area contributed by atoms with Crippen LogP contribution in [-0.4, -0.2) is 46.7 Å². The van der Waals surface area contributed by atoms with Crippen LogP contribution in [0.2, 0.25) is 0 Å². The Hall–Kier alpha value is -4.18. The zero-order valence-electron chi connectivity index (χ0n) is 21.2. The molecule has 0 heterocycles. The van der Waals surface area contributed by atoms with Crippen molar-refractivity contribution in [3.05, 3.63) is 94.0 Å². The smallest absolute Gasteiger partial charge is 0.337 e. The molecule has 0 fully saturated rings. The molecular formula is C27H28N2O7S. The van der Waals surface area contributed by atoms with Crippen LogP contribution in [0.3, 0.4) is 0 Å². The Morgan fingerprint density at radius 2 is 1.35 bits per heavy atom. The minimum absolute atomic E-state index is 0.0725. The molecule has 0 aliphatic carbocycles. The largest absolute Gasteiger partial charge is 0.465 e. The molecule has 3 aromatic carbocycles. The Morgan fingerprint density at radius 1 is 0.784 bits per heavy atom. The summed E-state index contributed by atoms with van der Waals surface area (Å²) < 4.78 is 35.7. The minimum atomic E-state index is -3.56. The van der Waals surface area contributed by atoms with Crippen LogP contribution in [0.5, 0.6) is 0 Å². The quantitative estimate of drug-likeness (QED) is 0.441. The van der Waals surface area contributed by atoms with Crippen molar-refractivity contribution in [2.45, 2.75) is 20.4 Å². The predicted molar refractivity (Wildman–Crippen MR) is 140 cm³/mol. The molecule has 194 valence electrons. The number of amides is 1. The predicted octanol–water partition coefficient (Wildman–Crippen LogP) is 4.10. The highest BCUT2D eigenvalue weighted by molar-refractivity contribution is 7.92. The number of ether oxygens (including phenoxy) is 2. The summed E-state index contributed by atoms with van der Waals surface area (Å²) in [4.78, 5) is 36.8. The van der Waals surface area contributed by atoms with Gasteiger partial charge in [-0.1, -0.05) is 18.2 Å². The fourth-order valence-electron chi connectivity index (χ4n) is 3.58. The van der Waals surface area contributed by atoms with Crippen molar-refractivity contribution in [1.29, 1.82) is 0 Å². The minimum Gasteiger partial charge on any atom is -0.465 e. The van der Waals surface area contributed by atoms with Crippen molar-refractivity contribution in [3.8, 4) is 0 Å². The number of anilines is 2. The molecule has 37 heavy (non-hydrogen) atoms. The highest BCUT2D eigenvalue weighted by atomic mass is 32.2. The Balaban J connectivity index is 1.82. The van der Waals surface area contributed by atoms with E-state index in [2.05, 4.69) is 5.32 Å². The van der Waals surface area contributed by atoms with E-state index in [-0.39, 0.29) is 23.4 Å². The van der Waals surface area contributed by atoms with Gasteiger partial charge in [-0.2, -0.15) is 0 Å². The van der Waals surface area contributed by atoms with E-state index in [1.165, 1.54) is 36.7 Å². The number of esters is 2. The van der Waals surface area contributed by atoms with E-state index in [1.54, 1.807) is 30.3 Å². The average Bonchev–Trinajstić information content (AvgIpc) is 2.87. The number of aryl methyl sites for hydroxylation is 2. The number of carbonyl (C=O) groups is 3. The van der Waals surface area contributed by atoms with Crippen LogP contribution in [0.15, 0.2) is 60.7 Å². The van der Waals surface area contributed by atoms with E-state index in [4.69, 9.17) is 9.47 Å². The monoisotopic (exact) mass is 524 g/mol. The van der Waals surface area contributed by atoms with Crippen LogP contribution in [0.25, 0.3) is 0 Å². The molecule has 10 heteroatoms. The lowest BCUT2D eigenvalue weighted by atomic mass is 10.1. The summed E-state index contributed by atoms with van der Waals surface area (Å²) in [7, 11) is -1.15. The number of methoxy groups -OCH3 is 2. The van der Waals surface area contributed by atoms with Crippen LogP contribution >= 0.6 is 0 Å². The van der Waals surface area contributed by atoms with E-state index < -0.39 is 27.9 Å². The summed E-state index contributed by atoms with van der Waals surface area (Å²) >= 11 is 0. The van der Waals surface area contributed by atoms with Gasteiger partial charge in [-0.25, -0.2) is 18.0 Å². The molecule has 1 amide bonds. The second-order valence-electron chi connectivity index (χ2n) is 8.47. The first kappa shape index (κ1) is 27.4. The van der Waals surface area contributed by atoms with Gasteiger partial charge in [-0.3, -0.25) is 9.10 Å². The third-order valence-electron chi connectivity index (χ3n) is 5.75. The van der Waals surface area contributed by atoms with Gasteiger partial charge in [0.2, 0.25) is 10.0 Å². The van der Waals surface area contributed by atoms with Crippen LogP contribution < -0.4 is 9.62 Å². The molecule has 0 atom stereocenters. The topological polar surface area (TPSA) is 119 Å². The Kier molecular flexibility index (Phi) is 8.34. The molecule has 0 saturated heterocycles. The Bertz CT molecular complexity index is 1410. The third kappa shape index (κ3) is 6.73. The molecule has 0 spiro atoms. The first-order chi connectivity index (χ1) is 17.4. The third-order valence-corrected chi connectivity index (χ3v) is 6.89. The molecule has 0 unspecified atom stereocenters. The van der Waals surface area contributed by atoms with Crippen molar-refractivity contribution in [3.63, 3.8) is 0 Å². The van der Waals surface area contributed by atoms with Gasteiger partial charge in [0.25, 0.3) is 5.91 Å². The SMILES string of the molecule is COC(=O)c1cc(NC(=O)c2ccc(CN(c3ccc(C)c(C)c3)S(C)(=O)=O)cc2)cc(C(=O)OC)c1. The second-order valence-corrected chi connectivity index (χ2v) is 10.4. The standard InChI is InChI=1S/C27H28N2O7S/c1-17-6-11-24(12-18(17)2)29(37(5,33)34)16-19-7-9-20(10-8-19)25(30)28-23-14-21(26(31)35-3)13-22(15-23)27(32)36-4/h6-15H,16H2,1-5H3,(H,28,30). The maximum atomic E-state index is 12.8. The van der Waals surface area contributed by atoms with Crippen molar-refractivity contribution in [1.82, 2.24) is 0 Å². The number of nitrogens with zero attached hydrogens (tertiary/aromatic N) is 1. The van der Waals surface area contributed by atoms with Crippen molar-refractivity contribution in [2.75, 3.05) is 30.1 Å². The van der Waals surface area contributed by atoms with Crippen molar-refractivity contribution in [2.24, 2.45) is 0 Å². The zero-order chi connectivity index (χ0) is 27.3. The molecule has 0 aromatic heterocycles. The van der Waals surface area contributed by atoms with E-state index >= 15 is 0 Å². The maximum absolute atomic E-state index is 12.8. The molecule has 1 N–H and O–H groups in total. The van der Waals surface area contributed by atoms with Crippen molar-refractivity contribution >= 4 is 39.2 Å². The first-order valence-electron chi connectivity index (χ1n) is 11.2. The van der Waals surface area contributed by atoms with E-state index in [0.29, 0.717) is 16.8 Å². The fourth-order valence-corrected chi connectivity index (χ4v) is 4.46. The number of rotatable bonds is 8. The van der Waals surface area contributed by atoms with Gasteiger partial charge in [0.15, 0.2) is 0 Å². The van der Waals surface area contributed by atoms with E-state index in [9.17, 15) is 22.8 Å². The zero-order valence-corrected chi connectivity index (χ0v) is 22.0. The van der Waals surface area contributed by atoms with Crippen LogP contribution in [0.4, 0.5) is 11.4 Å². The summed E-state index contributed by atoms with van der Waals surface area (Å²) in [6.07, 6.45) is 1.15. The number of carbonyl (C=O) groups excluding carboxylic acids is 3. The molecular weight excluding hydrogens is 496 g/mol. The van der Waals surface area contributed by atoms with E-state index in [0.717, 1.165) is 17.4 Å². The first-order valence-corrected chi connectivity index (χ1v) is 13.0. The van der Waals surface area contributed by atoms with E-state index in [1.807, 2.05) is 26.0 Å². The van der Waals surface area contributed by atoms with Gasteiger partial charge in [-0.15, -0.1) is 0 Å². The number of sulfonamides is 1. The molecule has 3 rings (SSSR count). The van der Waals surface area contributed by atoms with Crippen LogP contribution in [0, 0.1) is 13.8 Å². The van der Waals surface area contributed by atoms with Crippen molar-refractivity contribution < 1.29 is 32.3 Å². The lowest BCUT2D eigenvalue weighted by Gasteiger charge is -2.23. The van der Waals surface area contributed by atoms with Gasteiger partial charge in [0.05, 0.1) is 43.8 Å². The highest BCUT2D eigenvalue weighted by Crippen LogP contribution is 2.24. The Labute approximate surface area is 216 Å².